The summed E-state index contributed by atoms with van der Waals surface area (Å²) in [5.41, 5.74) is 1.74. The summed E-state index contributed by atoms with van der Waals surface area (Å²) in [7, 11) is 3.75. The van der Waals surface area contributed by atoms with E-state index in [-0.39, 0.29) is 0 Å². The van der Waals surface area contributed by atoms with Crippen LogP contribution in [-0.2, 0) is 0 Å². The number of benzene rings is 1. The van der Waals surface area contributed by atoms with Crippen LogP contribution in [0.3, 0.4) is 0 Å². The van der Waals surface area contributed by atoms with Gasteiger partial charge in [-0.3, -0.25) is 0 Å². The zero-order chi connectivity index (χ0) is 14.8. The van der Waals surface area contributed by atoms with E-state index in [0.717, 1.165) is 29.8 Å². The Morgan fingerprint density at radius 1 is 1.29 bits per heavy atom. The lowest BCUT2D eigenvalue weighted by atomic mass is 9.81. The van der Waals surface area contributed by atoms with E-state index in [0.29, 0.717) is 18.1 Å². The molecule has 4 heteroatoms. The molecule has 0 saturated carbocycles. The van der Waals surface area contributed by atoms with Gasteiger partial charge in [-0.25, -0.2) is 0 Å². The molecule has 1 aromatic carbocycles. The highest BCUT2D eigenvalue weighted by Gasteiger charge is 2.39. The molecule has 3 rings (SSSR count). The summed E-state index contributed by atoms with van der Waals surface area (Å²) >= 11 is 0. The molecular formula is C17H23N3O. The van der Waals surface area contributed by atoms with E-state index in [9.17, 15) is 5.26 Å². The molecule has 0 amide bonds. The van der Waals surface area contributed by atoms with Gasteiger partial charge in [0.15, 0.2) is 0 Å². The third kappa shape index (κ3) is 2.47. The highest BCUT2D eigenvalue weighted by molar-refractivity contribution is 5.69. The number of rotatable bonds is 3. The molecule has 2 aliphatic rings. The van der Waals surface area contributed by atoms with Gasteiger partial charge in [-0.1, -0.05) is 6.07 Å². The van der Waals surface area contributed by atoms with Crippen LogP contribution in [0.15, 0.2) is 18.2 Å². The number of hydrogen-bond acceptors (Lipinski definition) is 4. The monoisotopic (exact) mass is 285 g/mol. The fourth-order valence-corrected chi connectivity index (χ4v) is 4.03. The van der Waals surface area contributed by atoms with Gasteiger partial charge in [-0.2, -0.15) is 5.26 Å². The Balaban J connectivity index is 2.02. The van der Waals surface area contributed by atoms with Gasteiger partial charge in [0.05, 0.1) is 18.4 Å². The van der Waals surface area contributed by atoms with Crippen molar-refractivity contribution < 1.29 is 4.74 Å². The predicted molar refractivity (Wildman–Crippen MR) is 83.7 cm³/mol. The molecule has 0 spiro atoms. The first-order valence-corrected chi connectivity index (χ1v) is 7.81. The molecule has 2 saturated heterocycles. The molecule has 4 nitrogen and oxygen atoms in total. The van der Waals surface area contributed by atoms with Crippen molar-refractivity contribution in [2.24, 2.45) is 0 Å². The minimum absolute atomic E-state index is 0.512. The molecule has 1 aromatic rings. The topological polar surface area (TPSA) is 48.3 Å². The Morgan fingerprint density at radius 3 is 2.57 bits per heavy atom. The summed E-state index contributed by atoms with van der Waals surface area (Å²) in [6, 6.07) is 9.73. The van der Waals surface area contributed by atoms with E-state index in [1.54, 1.807) is 7.11 Å². The number of fused-ring (bicyclic) bond motifs is 2. The summed E-state index contributed by atoms with van der Waals surface area (Å²) in [5, 5.41) is 12.9. The minimum Gasteiger partial charge on any atom is -0.495 e. The Kier molecular flexibility index (Phi) is 4.03. The lowest BCUT2D eigenvalue weighted by Gasteiger charge is -2.50. The van der Waals surface area contributed by atoms with Crippen LogP contribution in [-0.4, -0.2) is 32.3 Å². The van der Waals surface area contributed by atoms with Gasteiger partial charge >= 0.3 is 0 Å². The molecule has 0 aromatic heterocycles. The number of hydrogen-bond donors (Lipinski definition) is 1. The molecule has 2 unspecified atom stereocenters. The number of ether oxygens (including phenoxy) is 1. The van der Waals surface area contributed by atoms with Gasteiger partial charge in [-0.05, 0) is 51.3 Å². The zero-order valence-corrected chi connectivity index (χ0v) is 12.8. The molecule has 2 aliphatic heterocycles. The molecule has 0 aliphatic carbocycles. The molecule has 2 atom stereocenters. The van der Waals surface area contributed by atoms with Gasteiger partial charge in [0.25, 0.3) is 0 Å². The standard InChI is InChI=1S/C17H23N3O/c1-19-13-9-14-6-4-7-15(10-13)20(14)17-12(11-18)5-3-8-16(17)21-2/h3,5,8,13-15,19H,4,6-7,9-10H2,1-2H3. The minimum atomic E-state index is 0.512. The molecule has 0 radical (unpaired) electrons. The second kappa shape index (κ2) is 5.95. The van der Waals surface area contributed by atoms with Crippen molar-refractivity contribution in [2.45, 2.75) is 50.2 Å². The van der Waals surface area contributed by atoms with Gasteiger partial charge in [0.2, 0.25) is 0 Å². The first-order valence-electron chi connectivity index (χ1n) is 7.81. The number of nitrogens with one attached hydrogen (secondary N) is 1. The van der Waals surface area contributed by atoms with Crippen molar-refractivity contribution in [3.63, 3.8) is 0 Å². The van der Waals surface area contributed by atoms with Crippen LogP contribution >= 0.6 is 0 Å². The summed E-state index contributed by atoms with van der Waals surface area (Å²) in [6.45, 7) is 0. The Hall–Kier alpha value is -1.73. The number of piperidine rings is 2. The van der Waals surface area contributed by atoms with E-state index < -0.39 is 0 Å². The molecule has 2 heterocycles. The second-order valence-corrected chi connectivity index (χ2v) is 6.07. The lowest BCUT2D eigenvalue weighted by molar-refractivity contribution is 0.250. The average Bonchev–Trinajstić information content (AvgIpc) is 2.52. The third-order valence-corrected chi connectivity index (χ3v) is 4.98. The van der Waals surface area contributed by atoms with Crippen molar-refractivity contribution in [1.82, 2.24) is 5.32 Å². The van der Waals surface area contributed by atoms with Crippen molar-refractivity contribution in [3.8, 4) is 11.8 Å². The maximum absolute atomic E-state index is 9.49. The average molecular weight is 285 g/mol. The first-order chi connectivity index (χ1) is 10.3. The SMILES string of the molecule is CNC1CC2CCCC(C1)N2c1c(C#N)cccc1OC. The second-order valence-electron chi connectivity index (χ2n) is 6.07. The quantitative estimate of drug-likeness (QED) is 0.927. The number of methoxy groups -OCH3 is 1. The third-order valence-electron chi connectivity index (χ3n) is 4.98. The van der Waals surface area contributed by atoms with Crippen molar-refractivity contribution in [1.29, 1.82) is 5.26 Å². The van der Waals surface area contributed by atoms with Crippen molar-refractivity contribution >= 4 is 5.69 Å². The maximum atomic E-state index is 9.49. The van der Waals surface area contributed by atoms with Crippen LogP contribution in [0, 0.1) is 11.3 Å². The van der Waals surface area contributed by atoms with Crippen molar-refractivity contribution in [2.75, 3.05) is 19.1 Å². The van der Waals surface area contributed by atoms with Gasteiger partial charge in [-0.15, -0.1) is 0 Å². The van der Waals surface area contributed by atoms with E-state index in [4.69, 9.17) is 4.74 Å². The van der Waals surface area contributed by atoms with Crippen LogP contribution < -0.4 is 15.0 Å². The van der Waals surface area contributed by atoms with Crippen LogP contribution in [0.4, 0.5) is 5.69 Å². The highest BCUT2D eigenvalue weighted by Crippen LogP contribution is 2.43. The number of nitrogens with zero attached hydrogens (tertiary/aromatic N) is 2. The smallest absolute Gasteiger partial charge is 0.143 e. The molecule has 112 valence electrons. The highest BCUT2D eigenvalue weighted by atomic mass is 16.5. The molecule has 2 bridgehead atoms. The Labute approximate surface area is 126 Å². The molecule has 2 fully saturated rings. The van der Waals surface area contributed by atoms with Crippen LogP contribution in [0.2, 0.25) is 0 Å². The molecular weight excluding hydrogens is 262 g/mol. The lowest BCUT2D eigenvalue weighted by Crippen LogP contribution is -2.56. The fourth-order valence-electron chi connectivity index (χ4n) is 4.03. The molecule has 1 N–H and O–H groups in total. The predicted octanol–water partition coefficient (Wildman–Crippen LogP) is 2.68. The van der Waals surface area contributed by atoms with Crippen molar-refractivity contribution in [3.05, 3.63) is 23.8 Å². The molecule has 21 heavy (non-hydrogen) atoms. The number of anilines is 1. The number of nitriles is 1. The van der Waals surface area contributed by atoms with Gasteiger partial charge in [0, 0.05) is 18.1 Å². The van der Waals surface area contributed by atoms with Crippen LogP contribution in [0.5, 0.6) is 5.75 Å². The summed E-state index contributed by atoms with van der Waals surface area (Å²) in [5.74, 6) is 0.828. The summed E-state index contributed by atoms with van der Waals surface area (Å²) in [4.78, 5) is 2.48. The maximum Gasteiger partial charge on any atom is 0.143 e. The van der Waals surface area contributed by atoms with Crippen LogP contribution in [0.1, 0.15) is 37.7 Å². The normalized spacial score (nSPS) is 28.0. The van der Waals surface area contributed by atoms with E-state index in [1.807, 2.05) is 18.2 Å². The fraction of sp³-hybridized carbons (Fsp3) is 0.588. The summed E-state index contributed by atoms with van der Waals surface area (Å²) < 4.78 is 5.55. The number of para-hydroxylation sites is 1. The van der Waals surface area contributed by atoms with E-state index >= 15 is 0 Å². The van der Waals surface area contributed by atoms with Crippen LogP contribution in [0.25, 0.3) is 0 Å². The summed E-state index contributed by atoms with van der Waals surface area (Å²) in [6.07, 6.45) is 6.00. The van der Waals surface area contributed by atoms with E-state index in [1.165, 1.54) is 19.3 Å². The first kappa shape index (κ1) is 14.2. The Bertz CT molecular complexity index is 537. The Morgan fingerprint density at radius 2 is 2.00 bits per heavy atom. The van der Waals surface area contributed by atoms with Gasteiger partial charge < -0.3 is 15.0 Å². The largest absolute Gasteiger partial charge is 0.495 e. The van der Waals surface area contributed by atoms with Gasteiger partial charge in [0.1, 0.15) is 11.8 Å². The zero-order valence-electron chi connectivity index (χ0n) is 12.8. The van der Waals surface area contributed by atoms with E-state index in [2.05, 4.69) is 23.3 Å².